The number of carboxylic acids is 1. The molecule has 5 heteroatoms. The van der Waals surface area contributed by atoms with E-state index in [1.165, 1.54) is 0 Å². The Morgan fingerprint density at radius 3 is 2.80 bits per heavy atom. The van der Waals surface area contributed by atoms with Gasteiger partial charge in [0, 0.05) is 17.5 Å². The predicted octanol–water partition coefficient (Wildman–Crippen LogP) is -2.67. The van der Waals surface area contributed by atoms with Crippen LogP contribution >= 0.6 is 0 Å². The quantitative estimate of drug-likeness (QED) is 0.521. The number of furan rings is 1. The van der Waals surface area contributed by atoms with E-state index in [-0.39, 0.29) is 35.3 Å². The zero-order valence-electron chi connectivity index (χ0n) is 8.87. The summed E-state index contributed by atoms with van der Waals surface area (Å²) in [4.78, 5) is 10.7. The number of aryl methyl sites for hydroxylation is 1. The van der Waals surface area contributed by atoms with Crippen molar-refractivity contribution in [2.45, 2.75) is 32.3 Å². The number of hydrogen-bond acceptors (Lipinski definition) is 4. The number of carbonyl (C=O) groups excluding carboxylic acids is 1. The van der Waals surface area contributed by atoms with Gasteiger partial charge in [0.1, 0.15) is 11.7 Å². The molecule has 1 unspecified atom stereocenters. The second-order valence-electron chi connectivity index (χ2n) is 3.59. The zero-order valence-corrected chi connectivity index (χ0v) is 10.9. The number of aliphatic hydroxyl groups is 1. The normalized spacial score (nSPS) is 19.2. The van der Waals surface area contributed by atoms with E-state index in [2.05, 4.69) is 0 Å². The molecule has 0 radical (unpaired) electrons. The van der Waals surface area contributed by atoms with Crippen molar-refractivity contribution in [3.63, 3.8) is 0 Å². The number of hydrogen-bond donors (Lipinski definition) is 1. The van der Waals surface area contributed by atoms with Crippen LogP contribution in [0.15, 0.2) is 4.42 Å². The van der Waals surface area contributed by atoms with Crippen molar-refractivity contribution in [1.29, 1.82) is 0 Å². The summed E-state index contributed by atoms with van der Waals surface area (Å²) in [6.07, 6.45) is 1.60. The molecule has 0 saturated carbocycles. The molecule has 1 aromatic heterocycles. The summed E-state index contributed by atoms with van der Waals surface area (Å²) in [5.74, 6) is -0.861. The summed E-state index contributed by atoms with van der Waals surface area (Å²) in [6, 6.07) is 0. The SMILES string of the molecule is Cc1c(C(=O)[O-])oc2c1C(O)CCC2.[Na+]. The molecule has 0 aliphatic heterocycles. The molecule has 1 heterocycles. The summed E-state index contributed by atoms with van der Waals surface area (Å²) in [5.41, 5.74) is 1.16. The molecular formula is C10H11NaO4. The maximum absolute atomic E-state index is 10.7. The maximum atomic E-state index is 10.7. The molecule has 0 saturated heterocycles. The minimum Gasteiger partial charge on any atom is -0.542 e. The van der Waals surface area contributed by atoms with Gasteiger partial charge in [0.2, 0.25) is 0 Å². The van der Waals surface area contributed by atoms with Crippen LogP contribution in [-0.2, 0) is 6.42 Å². The van der Waals surface area contributed by atoms with Crippen LogP contribution in [0.2, 0.25) is 0 Å². The standard InChI is InChI=1S/C10H12O4.Na/c1-5-8-6(11)3-2-4-7(8)14-9(5)10(12)13;/h6,11H,2-4H2,1H3,(H,12,13);/q;+1/p-1. The van der Waals surface area contributed by atoms with Crippen LogP contribution in [0, 0.1) is 6.92 Å². The summed E-state index contributed by atoms with van der Waals surface area (Å²) in [6.45, 7) is 1.64. The number of carbonyl (C=O) groups is 1. The van der Waals surface area contributed by atoms with E-state index in [0.29, 0.717) is 29.7 Å². The van der Waals surface area contributed by atoms with E-state index in [1.54, 1.807) is 6.92 Å². The van der Waals surface area contributed by atoms with Crippen molar-refractivity contribution < 1.29 is 49.0 Å². The van der Waals surface area contributed by atoms with E-state index < -0.39 is 12.1 Å². The molecule has 1 aliphatic carbocycles. The van der Waals surface area contributed by atoms with Crippen LogP contribution < -0.4 is 34.7 Å². The molecule has 0 amide bonds. The number of rotatable bonds is 1. The fourth-order valence-corrected chi connectivity index (χ4v) is 2.00. The molecule has 1 N–H and O–H groups in total. The molecule has 1 aliphatic rings. The van der Waals surface area contributed by atoms with Crippen molar-refractivity contribution in [3.05, 3.63) is 22.6 Å². The molecule has 2 rings (SSSR count). The average Bonchev–Trinajstić information content (AvgIpc) is 2.45. The minimum absolute atomic E-state index is 0. The number of aromatic carboxylic acids is 1. The molecule has 0 aromatic carbocycles. The van der Waals surface area contributed by atoms with Gasteiger partial charge >= 0.3 is 29.6 Å². The van der Waals surface area contributed by atoms with Crippen LogP contribution in [0.1, 0.15) is 46.4 Å². The smallest absolute Gasteiger partial charge is 0.542 e. The summed E-state index contributed by atoms with van der Waals surface area (Å²) < 4.78 is 5.15. The molecule has 15 heavy (non-hydrogen) atoms. The Hall–Kier alpha value is -0.290. The van der Waals surface area contributed by atoms with Crippen molar-refractivity contribution in [2.24, 2.45) is 0 Å². The average molecular weight is 218 g/mol. The zero-order chi connectivity index (χ0) is 10.3. The van der Waals surface area contributed by atoms with Gasteiger partial charge in [-0.1, -0.05) is 0 Å². The number of aliphatic hydroxyl groups excluding tert-OH is 1. The molecule has 1 atom stereocenters. The predicted molar refractivity (Wildman–Crippen MR) is 45.7 cm³/mol. The molecule has 0 fully saturated rings. The van der Waals surface area contributed by atoms with Gasteiger partial charge in [-0.05, 0) is 19.8 Å². The molecule has 76 valence electrons. The Morgan fingerprint density at radius 2 is 2.27 bits per heavy atom. The topological polar surface area (TPSA) is 73.5 Å². The molecule has 0 spiro atoms. The number of fused-ring (bicyclic) bond motifs is 1. The van der Waals surface area contributed by atoms with E-state index >= 15 is 0 Å². The van der Waals surface area contributed by atoms with Crippen molar-refractivity contribution in [1.82, 2.24) is 0 Å². The van der Waals surface area contributed by atoms with E-state index in [1.807, 2.05) is 0 Å². The first-order valence-electron chi connectivity index (χ1n) is 4.63. The first-order chi connectivity index (χ1) is 6.61. The third kappa shape index (κ3) is 2.13. The molecule has 1 aromatic rings. The van der Waals surface area contributed by atoms with Gasteiger partial charge in [-0.2, -0.15) is 0 Å². The third-order valence-electron chi connectivity index (χ3n) is 2.67. The molecule has 0 bridgehead atoms. The van der Waals surface area contributed by atoms with Crippen molar-refractivity contribution in [2.75, 3.05) is 0 Å². The van der Waals surface area contributed by atoms with Crippen LogP contribution in [0.3, 0.4) is 0 Å². The Kier molecular flexibility index (Phi) is 4.00. The van der Waals surface area contributed by atoms with Crippen LogP contribution in [0.4, 0.5) is 0 Å². The summed E-state index contributed by atoms with van der Waals surface area (Å²) in [5, 5.41) is 20.3. The Bertz CT molecular complexity index is 383. The monoisotopic (exact) mass is 218 g/mol. The summed E-state index contributed by atoms with van der Waals surface area (Å²) >= 11 is 0. The fraction of sp³-hybridized carbons (Fsp3) is 0.500. The second kappa shape index (κ2) is 4.70. The van der Waals surface area contributed by atoms with Gasteiger partial charge in [-0.3, -0.25) is 0 Å². The third-order valence-corrected chi connectivity index (χ3v) is 2.67. The minimum atomic E-state index is -1.32. The maximum Gasteiger partial charge on any atom is 1.00 e. The van der Waals surface area contributed by atoms with Gasteiger partial charge in [0.25, 0.3) is 0 Å². The van der Waals surface area contributed by atoms with Gasteiger partial charge in [0.15, 0.2) is 5.76 Å². The van der Waals surface area contributed by atoms with Gasteiger partial charge in [0.05, 0.1) is 6.10 Å². The first kappa shape index (κ1) is 12.8. The van der Waals surface area contributed by atoms with Crippen LogP contribution in [0.25, 0.3) is 0 Å². The van der Waals surface area contributed by atoms with Crippen LogP contribution in [0.5, 0.6) is 0 Å². The fourth-order valence-electron chi connectivity index (χ4n) is 2.00. The second-order valence-corrected chi connectivity index (χ2v) is 3.59. The van der Waals surface area contributed by atoms with E-state index in [0.717, 1.165) is 6.42 Å². The van der Waals surface area contributed by atoms with Gasteiger partial charge in [-0.25, -0.2) is 0 Å². The van der Waals surface area contributed by atoms with Gasteiger partial charge < -0.3 is 19.4 Å². The summed E-state index contributed by atoms with van der Waals surface area (Å²) in [7, 11) is 0. The van der Waals surface area contributed by atoms with E-state index in [4.69, 9.17) is 4.42 Å². The Balaban J connectivity index is 0.00000112. The Labute approximate surface area is 110 Å². The van der Waals surface area contributed by atoms with Crippen molar-refractivity contribution >= 4 is 5.97 Å². The Morgan fingerprint density at radius 1 is 1.60 bits per heavy atom. The van der Waals surface area contributed by atoms with Crippen LogP contribution in [-0.4, -0.2) is 11.1 Å². The van der Waals surface area contributed by atoms with Crippen molar-refractivity contribution in [3.8, 4) is 0 Å². The molecule has 4 nitrogen and oxygen atoms in total. The first-order valence-corrected chi connectivity index (χ1v) is 4.63. The molecular weight excluding hydrogens is 207 g/mol. The van der Waals surface area contributed by atoms with Gasteiger partial charge in [-0.15, -0.1) is 0 Å². The van der Waals surface area contributed by atoms with E-state index in [9.17, 15) is 15.0 Å². The largest absolute Gasteiger partial charge is 1.00 e. The number of carboxylic acid groups (broad SMARTS) is 1.